The van der Waals surface area contributed by atoms with Crippen molar-refractivity contribution in [2.75, 3.05) is 6.54 Å². The summed E-state index contributed by atoms with van der Waals surface area (Å²) in [5, 5.41) is 8.79. The molecule has 22 heavy (non-hydrogen) atoms. The largest absolute Gasteiger partial charge is 0.480 e. The molecule has 4 nitrogen and oxygen atoms in total. The molecule has 6 heteroatoms. The van der Waals surface area contributed by atoms with Crippen molar-refractivity contribution in [1.82, 2.24) is 4.90 Å². The zero-order valence-electron chi connectivity index (χ0n) is 12.0. The first-order valence-electron chi connectivity index (χ1n) is 6.65. The Morgan fingerprint density at radius 3 is 2.68 bits per heavy atom. The van der Waals surface area contributed by atoms with E-state index in [1.165, 1.54) is 0 Å². The number of amides is 1. The molecule has 1 N–H and O–H groups in total. The topological polar surface area (TPSA) is 57.6 Å². The lowest BCUT2D eigenvalue weighted by Crippen LogP contribution is -2.33. The van der Waals surface area contributed by atoms with Crippen molar-refractivity contribution >= 4 is 46.3 Å². The quantitative estimate of drug-likeness (QED) is 0.662. The second-order valence-electron chi connectivity index (χ2n) is 4.83. The van der Waals surface area contributed by atoms with Crippen LogP contribution < -0.4 is 0 Å². The Morgan fingerprint density at radius 1 is 1.36 bits per heavy atom. The fourth-order valence-corrected chi connectivity index (χ4v) is 3.18. The van der Waals surface area contributed by atoms with Crippen molar-refractivity contribution in [2.24, 2.45) is 0 Å². The third-order valence-corrected chi connectivity index (χ3v) is 4.42. The van der Waals surface area contributed by atoms with Crippen molar-refractivity contribution < 1.29 is 14.7 Å². The van der Waals surface area contributed by atoms with Crippen LogP contribution >= 0.6 is 24.0 Å². The van der Waals surface area contributed by atoms with Gasteiger partial charge in [0.25, 0.3) is 5.91 Å². The van der Waals surface area contributed by atoms with Crippen molar-refractivity contribution in [2.45, 2.75) is 13.3 Å². The van der Waals surface area contributed by atoms with Gasteiger partial charge in [-0.2, -0.15) is 0 Å². The van der Waals surface area contributed by atoms with Gasteiger partial charge in [0.1, 0.15) is 10.9 Å². The van der Waals surface area contributed by atoms with E-state index in [2.05, 4.69) is 6.08 Å². The number of carboxylic acid groups (broad SMARTS) is 1. The van der Waals surface area contributed by atoms with E-state index in [-0.39, 0.29) is 12.5 Å². The Hall–Kier alpha value is -1.92. The highest BCUT2D eigenvalue weighted by molar-refractivity contribution is 8.26. The van der Waals surface area contributed by atoms with E-state index < -0.39 is 5.97 Å². The predicted octanol–water partition coefficient (Wildman–Crippen LogP) is 3.31. The molecule has 0 radical (unpaired) electrons. The van der Waals surface area contributed by atoms with Crippen LogP contribution in [-0.2, 0) is 9.59 Å². The van der Waals surface area contributed by atoms with Crippen LogP contribution in [0.15, 0.2) is 46.9 Å². The number of rotatable bonds is 5. The number of aliphatic carboxylic acids is 1. The first kappa shape index (κ1) is 16.5. The van der Waals surface area contributed by atoms with E-state index in [1.54, 1.807) is 6.08 Å². The zero-order chi connectivity index (χ0) is 16.1. The molecule has 1 aromatic carbocycles. The van der Waals surface area contributed by atoms with Gasteiger partial charge in [0, 0.05) is 0 Å². The van der Waals surface area contributed by atoms with E-state index >= 15 is 0 Å². The summed E-state index contributed by atoms with van der Waals surface area (Å²) >= 11 is 6.20. The number of hydrogen-bond donors (Lipinski definition) is 1. The van der Waals surface area contributed by atoms with E-state index in [0.717, 1.165) is 27.8 Å². The van der Waals surface area contributed by atoms with Gasteiger partial charge in [-0.1, -0.05) is 72.0 Å². The number of carbonyl (C=O) groups is 2. The molecule has 0 unspecified atom stereocenters. The van der Waals surface area contributed by atoms with E-state index in [1.807, 2.05) is 37.3 Å². The first-order chi connectivity index (χ1) is 10.5. The van der Waals surface area contributed by atoms with Gasteiger partial charge in [0.05, 0.1) is 4.91 Å². The van der Waals surface area contributed by atoms with Gasteiger partial charge in [-0.25, -0.2) is 0 Å². The molecular weight excluding hydrogens is 318 g/mol. The molecule has 1 saturated heterocycles. The minimum Gasteiger partial charge on any atom is -0.480 e. The van der Waals surface area contributed by atoms with Gasteiger partial charge in [0.15, 0.2) is 0 Å². The number of hydrogen-bond acceptors (Lipinski definition) is 4. The lowest BCUT2D eigenvalue weighted by atomic mass is 10.1. The molecule has 1 heterocycles. The highest BCUT2D eigenvalue weighted by Gasteiger charge is 2.32. The average Bonchev–Trinajstić information content (AvgIpc) is 2.73. The van der Waals surface area contributed by atoms with Gasteiger partial charge in [-0.3, -0.25) is 14.5 Å². The van der Waals surface area contributed by atoms with Crippen molar-refractivity contribution in [3.05, 3.63) is 52.4 Å². The summed E-state index contributed by atoms with van der Waals surface area (Å²) < 4.78 is 0.295. The molecule has 1 aromatic rings. The zero-order valence-corrected chi connectivity index (χ0v) is 13.6. The highest BCUT2D eigenvalue weighted by Crippen LogP contribution is 2.31. The summed E-state index contributed by atoms with van der Waals surface area (Å²) in [6, 6.07) is 9.92. The van der Waals surface area contributed by atoms with Crippen LogP contribution in [0.5, 0.6) is 0 Å². The molecule has 0 bridgehead atoms. The smallest absolute Gasteiger partial charge is 0.323 e. The van der Waals surface area contributed by atoms with E-state index in [9.17, 15) is 9.59 Å². The maximum absolute atomic E-state index is 12.1. The Kier molecular flexibility index (Phi) is 5.51. The van der Waals surface area contributed by atoms with E-state index in [0.29, 0.717) is 15.6 Å². The number of allylic oxidation sites excluding steroid dienone is 2. The SMILES string of the molecule is C/C(=C\c1ccccc1)C/C=C1\SC(=S)N(CC(=O)O)C1=O. The van der Waals surface area contributed by atoms with Gasteiger partial charge < -0.3 is 5.11 Å². The first-order valence-corrected chi connectivity index (χ1v) is 7.87. The molecule has 1 aliphatic heterocycles. The van der Waals surface area contributed by atoms with Crippen LogP contribution in [0.1, 0.15) is 18.9 Å². The third kappa shape index (κ3) is 4.29. The number of nitrogens with zero attached hydrogens (tertiary/aromatic N) is 1. The normalized spacial score (nSPS) is 17.4. The lowest BCUT2D eigenvalue weighted by molar-refractivity contribution is -0.140. The molecule has 0 atom stereocenters. The van der Waals surface area contributed by atoms with Crippen LogP contribution in [0, 0.1) is 0 Å². The summed E-state index contributed by atoms with van der Waals surface area (Å²) in [4.78, 5) is 24.4. The molecule has 0 aromatic heterocycles. The second kappa shape index (κ2) is 7.38. The van der Waals surface area contributed by atoms with Crippen LogP contribution in [0.25, 0.3) is 6.08 Å². The molecule has 1 fully saturated rings. The number of thiocarbonyl (C=S) groups is 1. The van der Waals surface area contributed by atoms with Crippen molar-refractivity contribution in [1.29, 1.82) is 0 Å². The van der Waals surface area contributed by atoms with E-state index in [4.69, 9.17) is 17.3 Å². The Bertz CT molecular complexity index is 665. The summed E-state index contributed by atoms with van der Waals surface area (Å²) in [6.07, 6.45) is 4.47. The molecule has 1 amide bonds. The Balaban J connectivity index is 2.05. The number of thioether (sulfide) groups is 1. The van der Waals surface area contributed by atoms with Gasteiger partial charge in [-0.15, -0.1) is 0 Å². The second-order valence-corrected chi connectivity index (χ2v) is 6.50. The maximum atomic E-state index is 12.1. The van der Waals surface area contributed by atoms with Gasteiger partial charge in [0.2, 0.25) is 0 Å². The Morgan fingerprint density at radius 2 is 2.05 bits per heavy atom. The summed E-state index contributed by atoms with van der Waals surface area (Å²) in [5.41, 5.74) is 2.21. The molecule has 0 spiro atoms. The van der Waals surface area contributed by atoms with Crippen molar-refractivity contribution in [3.63, 3.8) is 0 Å². The monoisotopic (exact) mass is 333 g/mol. The van der Waals surface area contributed by atoms with Crippen molar-refractivity contribution in [3.8, 4) is 0 Å². The maximum Gasteiger partial charge on any atom is 0.323 e. The average molecular weight is 333 g/mol. The van der Waals surface area contributed by atoms with Crippen LogP contribution in [0.2, 0.25) is 0 Å². The molecule has 0 aliphatic carbocycles. The molecule has 1 aliphatic rings. The minimum atomic E-state index is -1.07. The molecule has 0 saturated carbocycles. The summed E-state index contributed by atoms with van der Waals surface area (Å²) in [6.45, 7) is 1.60. The fraction of sp³-hybridized carbons (Fsp3) is 0.188. The number of carboxylic acids is 1. The third-order valence-electron chi connectivity index (χ3n) is 2.99. The van der Waals surface area contributed by atoms with Gasteiger partial charge in [-0.05, 0) is 18.9 Å². The lowest BCUT2D eigenvalue weighted by Gasteiger charge is -2.10. The molecule has 2 rings (SSSR count). The minimum absolute atomic E-state index is 0.295. The van der Waals surface area contributed by atoms with Gasteiger partial charge >= 0.3 is 5.97 Å². The summed E-state index contributed by atoms with van der Waals surface area (Å²) in [5.74, 6) is -1.40. The predicted molar refractivity (Wildman–Crippen MR) is 92.3 cm³/mol. The highest BCUT2D eigenvalue weighted by atomic mass is 32.2. The number of carbonyl (C=O) groups excluding carboxylic acids is 1. The number of benzene rings is 1. The Labute approximate surface area is 138 Å². The van der Waals surface area contributed by atoms with Crippen LogP contribution in [0.4, 0.5) is 0 Å². The fourth-order valence-electron chi connectivity index (χ4n) is 1.96. The van der Waals surface area contributed by atoms with Crippen LogP contribution in [0.3, 0.4) is 0 Å². The molecule has 114 valence electrons. The standard InChI is InChI=1S/C16H15NO3S2/c1-11(9-12-5-3-2-4-6-12)7-8-13-15(20)17(10-14(18)19)16(21)22-13/h2-6,8-9H,7,10H2,1H3,(H,18,19)/b11-9+,13-8-. The molecular formula is C16H15NO3S2. The van der Waals surface area contributed by atoms with Crippen LogP contribution in [-0.4, -0.2) is 32.7 Å². The summed E-state index contributed by atoms with van der Waals surface area (Å²) in [7, 11) is 0.